The molecule has 0 aromatic heterocycles. The van der Waals surface area contributed by atoms with Crippen LogP contribution in [0.15, 0.2) is 0 Å². The van der Waals surface area contributed by atoms with Crippen LogP contribution in [0.25, 0.3) is 0 Å². The lowest BCUT2D eigenvalue weighted by atomic mass is 9.92. The molecule has 1 unspecified atom stereocenters. The van der Waals surface area contributed by atoms with Crippen LogP contribution in [0.4, 0.5) is 0 Å². The van der Waals surface area contributed by atoms with Crippen molar-refractivity contribution in [1.82, 2.24) is 5.32 Å². The lowest BCUT2D eigenvalue weighted by Crippen LogP contribution is -2.54. The molecule has 3 N–H and O–H groups in total. The minimum atomic E-state index is -0.170. The summed E-state index contributed by atoms with van der Waals surface area (Å²) < 4.78 is 0. The summed E-state index contributed by atoms with van der Waals surface area (Å²) in [4.78, 5) is 12.3. The van der Waals surface area contributed by atoms with Gasteiger partial charge >= 0.3 is 0 Å². The van der Waals surface area contributed by atoms with Gasteiger partial charge in [0.25, 0.3) is 0 Å². The molecule has 0 aromatic rings. The van der Waals surface area contributed by atoms with E-state index in [4.69, 9.17) is 5.73 Å². The van der Waals surface area contributed by atoms with Gasteiger partial charge in [-0.3, -0.25) is 4.79 Å². The molecule has 0 bridgehead atoms. The van der Waals surface area contributed by atoms with Crippen LogP contribution in [0, 0.1) is 11.8 Å². The predicted molar refractivity (Wildman–Crippen MR) is 71.6 cm³/mol. The standard InChI is InChI=1S/C14H28N2O/c1-4-6-11(7-5-2)13(17)16-14(3,10-15)12-8-9-12/h11-12H,4-10,15H2,1-3H3,(H,16,17). The highest BCUT2D eigenvalue weighted by atomic mass is 16.2. The van der Waals surface area contributed by atoms with Crippen molar-refractivity contribution in [3.05, 3.63) is 0 Å². The molecule has 0 spiro atoms. The molecule has 1 amide bonds. The summed E-state index contributed by atoms with van der Waals surface area (Å²) in [7, 11) is 0. The normalized spacial score (nSPS) is 19.1. The topological polar surface area (TPSA) is 55.1 Å². The molecule has 0 aliphatic heterocycles. The van der Waals surface area contributed by atoms with Crippen molar-refractivity contribution >= 4 is 5.91 Å². The van der Waals surface area contributed by atoms with Gasteiger partial charge in [0.15, 0.2) is 0 Å². The molecule has 0 aromatic carbocycles. The molecule has 17 heavy (non-hydrogen) atoms. The van der Waals surface area contributed by atoms with E-state index in [2.05, 4.69) is 26.1 Å². The van der Waals surface area contributed by atoms with Crippen LogP contribution >= 0.6 is 0 Å². The number of hydrogen-bond acceptors (Lipinski definition) is 2. The average Bonchev–Trinajstić information content (AvgIpc) is 3.12. The maximum absolute atomic E-state index is 12.3. The Balaban J connectivity index is 2.54. The third-order valence-electron chi connectivity index (χ3n) is 3.96. The van der Waals surface area contributed by atoms with Crippen molar-refractivity contribution in [2.75, 3.05) is 6.54 Å². The fraction of sp³-hybridized carbons (Fsp3) is 0.929. The Morgan fingerprint density at radius 2 is 1.88 bits per heavy atom. The summed E-state index contributed by atoms with van der Waals surface area (Å²) in [6, 6.07) is 0. The Labute approximate surface area is 106 Å². The first kappa shape index (κ1) is 14.5. The fourth-order valence-corrected chi connectivity index (χ4v) is 2.53. The van der Waals surface area contributed by atoms with Gasteiger partial charge < -0.3 is 11.1 Å². The minimum absolute atomic E-state index is 0.170. The van der Waals surface area contributed by atoms with Crippen LogP contribution in [0.1, 0.15) is 59.3 Å². The Hall–Kier alpha value is -0.570. The number of rotatable bonds is 8. The zero-order valence-electron chi connectivity index (χ0n) is 11.6. The van der Waals surface area contributed by atoms with E-state index >= 15 is 0 Å². The molecule has 3 heteroatoms. The first-order valence-corrected chi connectivity index (χ1v) is 7.09. The molecule has 1 aliphatic carbocycles. The van der Waals surface area contributed by atoms with Gasteiger partial charge in [-0.2, -0.15) is 0 Å². The Kier molecular flexibility index (Phi) is 5.44. The monoisotopic (exact) mass is 240 g/mol. The van der Waals surface area contributed by atoms with Crippen LogP contribution in [-0.2, 0) is 4.79 Å². The quantitative estimate of drug-likeness (QED) is 0.684. The lowest BCUT2D eigenvalue weighted by Gasteiger charge is -2.31. The van der Waals surface area contributed by atoms with Gasteiger partial charge in [-0.1, -0.05) is 26.7 Å². The molecule has 1 fully saturated rings. The van der Waals surface area contributed by atoms with E-state index in [0.29, 0.717) is 12.5 Å². The Morgan fingerprint density at radius 3 is 2.24 bits per heavy atom. The van der Waals surface area contributed by atoms with Crippen molar-refractivity contribution in [1.29, 1.82) is 0 Å². The second-order valence-corrected chi connectivity index (χ2v) is 5.66. The van der Waals surface area contributed by atoms with E-state index in [-0.39, 0.29) is 17.4 Å². The van der Waals surface area contributed by atoms with E-state index in [9.17, 15) is 4.79 Å². The second-order valence-electron chi connectivity index (χ2n) is 5.66. The smallest absolute Gasteiger partial charge is 0.223 e. The van der Waals surface area contributed by atoms with Gasteiger partial charge in [-0.15, -0.1) is 0 Å². The van der Waals surface area contributed by atoms with Crippen LogP contribution in [-0.4, -0.2) is 18.0 Å². The summed E-state index contributed by atoms with van der Waals surface area (Å²) in [5, 5.41) is 3.21. The molecule has 3 nitrogen and oxygen atoms in total. The maximum atomic E-state index is 12.3. The number of hydrogen-bond donors (Lipinski definition) is 2. The number of amides is 1. The number of nitrogens with two attached hydrogens (primary N) is 1. The van der Waals surface area contributed by atoms with E-state index in [1.807, 2.05) is 0 Å². The van der Waals surface area contributed by atoms with E-state index in [1.165, 1.54) is 12.8 Å². The van der Waals surface area contributed by atoms with Gasteiger partial charge in [0.05, 0.1) is 5.54 Å². The van der Waals surface area contributed by atoms with E-state index < -0.39 is 0 Å². The van der Waals surface area contributed by atoms with Gasteiger partial charge in [0.2, 0.25) is 5.91 Å². The SMILES string of the molecule is CCCC(CCC)C(=O)NC(C)(CN)C1CC1. The Bertz CT molecular complexity index is 245. The number of nitrogens with one attached hydrogen (secondary N) is 1. The molecule has 100 valence electrons. The van der Waals surface area contributed by atoms with Crippen molar-refractivity contribution in [3.63, 3.8) is 0 Å². The summed E-state index contributed by atoms with van der Waals surface area (Å²) >= 11 is 0. The van der Waals surface area contributed by atoms with Crippen molar-refractivity contribution in [2.45, 2.75) is 64.8 Å². The highest BCUT2D eigenvalue weighted by Crippen LogP contribution is 2.39. The first-order valence-electron chi connectivity index (χ1n) is 7.09. The predicted octanol–water partition coefficient (Wildman–Crippen LogP) is 2.45. The molecule has 0 heterocycles. The maximum Gasteiger partial charge on any atom is 0.223 e. The summed E-state index contributed by atoms with van der Waals surface area (Å²) in [5.41, 5.74) is 5.66. The summed E-state index contributed by atoms with van der Waals surface area (Å²) in [6.45, 7) is 6.92. The fourth-order valence-electron chi connectivity index (χ4n) is 2.53. The lowest BCUT2D eigenvalue weighted by molar-refractivity contribution is -0.127. The summed E-state index contributed by atoms with van der Waals surface area (Å²) in [5.74, 6) is 0.989. The first-order chi connectivity index (χ1) is 8.07. The van der Waals surface area contributed by atoms with E-state index in [0.717, 1.165) is 25.7 Å². The molecule has 1 saturated carbocycles. The molecule has 0 saturated heterocycles. The van der Waals surface area contributed by atoms with Crippen LogP contribution in [0.2, 0.25) is 0 Å². The summed E-state index contributed by atoms with van der Waals surface area (Å²) in [6.07, 6.45) is 6.54. The molecular weight excluding hydrogens is 212 g/mol. The minimum Gasteiger partial charge on any atom is -0.349 e. The van der Waals surface area contributed by atoms with Gasteiger partial charge in [-0.25, -0.2) is 0 Å². The molecule has 1 aliphatic rings. The average molecular weight is 240 g/mol. The van der Waals surface area contributed by atoms with Crippen molar-refractivity contribution in [2.24, 2.45) is 17.6 Å². The zero-order chi connectivity index (χ0) is 12.9. The highest BCUT2D eigenvalue weighted by Gasteiger charge is 2.42. The van der Waals surface area contributed by atoms with Crippen molar-refractivity contribution < 1.29 is 4.79 Å². The van der Waals surface area contributed by atoms with Crippen LogP contribution in [0.5, 0.6) is 0 Å². The largest absolute Gasteiger partial charge is 0.349 e. The second kappa shape index (κ2) is 6.39. The van der Waals surface area contributed by atoms with Crippen molar-refractivity contribution in [3.8, 4) is 0 Å². The highest BCUT2D eigenvalue weighted by molar-refractivity contribution is 5.79. The van der Waals surface area contributed by atoms with Gasteiger partial charge in [-0.05, 0) is 38.5 Å². The van der Waals surface area contributed by atoms with Crippen LogP contribution < -0.4 is 11.1 Å². The van der Waals surface area contributed by atoms with Gasteiger partial charge in [0, 0.05) is 12.5 Å². The van der Waals surface area contributed by atoms with Crippen LogP contribution in [0.3, 0.4) is 0 Å². The molecular formula is C14H28N2O. The van der Waals surface area contributed by atoms with E-state index in [1.54, 1.807) is 0 Å². The Morgan fingerprint density at radius 1 is 1.35 bits per heavy atom. The zero-order valence-corrected chi connectivity index (χ0v) is 11.6. The number of carbonyl (C=O) groups is 1. The molecule has 1 rings (SSSR count). The van der Waals surface area contributed by atoms with Gasteiger partial charge in [0.1, 0.15) is 0 Å². The molecule has 1 atom stereocenters. The third-order valence-corrected chi connectivity index (χ3v) is 3.96. The third kappa shape index (κ3) is 3.98. The molecule has 0 radical (unpaired) electrons. The number of carbonyl (C=O) groups excluding carboxylic acids is 1.